The van der Waals surface area contributed by atoms with Crippen molar-refractivity contribution in [1.29, 1.82) is 0 Å². The van der Waals surface area contributed by atoms with Gasteiger partial charge in [-0.1, -0.05) is 6.07 Å². The molecule has 1 saturated heterocycles. The second-order valence-electron chi connectivity index (χ2n) is 4.50. The zero-order valence-corrected chi connectivity index (χ0v) is 10.5. The first kappa shape index (κ1) is 12.2. The molecule has 0 radical (unpaired) electrons. The first-order chi connectivity index (χ1) is 8.20. The molecule has 1 aromatic carbocycles. The Bertz CT molecular complexity index is 387. The van der Waals surface area contributed by atoms with Crippen LogP contribution in [0.25, 0.3) is 0 Å². The molecule has 17 heavy (non-hydrogen) atoms. The first-order valence-corrected chi connectivity index (χ1v) is 6.00. The van der Waals surface area contributed by atoms with Crippen molar-refractivity contribution >= 4 is 0 Å². The van der Waals surface area contributed by atoms with Crippen LogP contribution in [-0.2, 0) is 6.54 Å². The molecule has 94 valence electrons. The molecule has 0 spiro atoms. The smallest absolute Gasteiger partial charge is 0.162 e. The van der Waals surface area contributed by atoms with E-state index in [2.05, 4.69) is 10.2 Å². The number of phenolic OH excluding ortho intramolecular Hbond substituents is 1. The SMILES string of the molecule is COc1cc(C)cc(CN2CCNCC2)c1O. The number of hydrogen-bond donors (Lipinski definition) is 2. The van der Waals surface area contributed by atoms with Crippen LogP contribution in [0.3, 0.4) is 0 Å². The van der Waals surface area contributed by atoms with Crippen LogP contribution in [0, 0.1) is 6.92 Å². The topological polar surface area (TPSA) is 44.7 Å². The highest BCUT2D eigenvalue weighted by Crippen LogP contribution is 2.32. The Morgan fingerprint density at radius 1 is 1.35 bits per heavy atom. The van der Waals surface area contributed by atoms with E-state index in [-0.39, 0.29) is 5.75 Å². The monoisotopic (exact) mass is 236 g/mol. The van der Waals surface area contributed by atoms with E-state index in [1.807, 2.05) is 19.1 Å². The average Bonchev–Trinajstić information content (AvgIpc) is 2.34. The molecule has 0 unspecified atom stereocenters. The van der Waals surface area contributed by atoms with Gasteiger partial charge >= 0.3 is 0 Å². The summed E-state index contributed by atoms with van der Waals surface area (Å²) in [4.78, 5) is 2.34. The Hall–Kier alpha value is -1.26. The molecule has 0 aliphatic carbocycles. The molecular weight excluding hydrogens is 216 g/mol. The van der Waals surface area contributed by atoms with Gasteiger partial charge in [0.2, 0.25) is 0 Å². The van der Waals surface area contributed by atoms with Gasteiger partial charge in [-0.15, -0.1) is 0 Å². The third-order valence-corrected chi connectivity index (χ3v) is 3.12. The normalized spacial score (nSPS) is 17.1. The number of piperazine rings is 1. The molecule has 4 heteroatoms. The minimum absolute atomic E-state index is 0.275. The first-order valence-electron chi connectivity index (χ1n) is 6.00. The Morgan fingerprint density at radius 2 is 2.06 bits per heavy atom. The van der Waals surface area contributed by atoms with Crippen molar-refractivity contribution in [2.24, 2.45) is 0 Å². The number of aryl methyl sites for hydroxylation is 1. The van der Waals surface area contributed by atoms with Crippen molar-refractivity contribution in [3.8, 4) is 11.5 Å². The maximum atomic E-state index is 10.1. The molecule has 2 N–H and O–H groups in total. The van der Waals surface area contributed by atoms with Crippen LogP contribution in [0.2, 0.25) is 0 Å². The Morgan fingerprint density at radius 3 is 2.71 bits per heavy atom. The Labute approximate surface area is 102 Å². The Balaban J connectivity index is 2.16. The average molecular weight is 236 g/mol. The van der Waals surface area contributed by atoms with Gasteiger partial charge in [0.25, 0.3) is 0 Å². The summed E-state index contributed by atoms with van der Waals surface area (Å²) in [6, 6.07) is 3.89. The molecule has 0 amide bonds. The number of rotatable bonds is 3. The van der Waals surface area contributed by atoms with Crippen molar-refractivity contribution in [1.82, 2.24) is 10.2 Å². The summed E-state index contributed by atoms with van der Waals surface area (Å²) in [5.74, 6) is 0.840. The zero-order chi connectivity index (χ0) is 12.3. The third-order valence-electron chi connectivity index (χ3n) is 3.12. The van der Waals surface area contributed by atoms with Crippen molar-refractivity contribution in [3.05, 3.63) is 23.3 Å². The molecule has 2 rings (SSSR count). The highest BCUT2D eigenvalue weighted by molar-refractivity contribution is 5.48. The van der Waals surface area contributed by atoms with Crippen molar-refractivity contribution in [2.75, 3.05) is 33.3 Å². The number of methoxy groups -OCH3 is 1. The lowest BCUT2D eigenvalue weighted by atomic mass is 10.1. The molecular formula is C13H20N2O2. The maximum absolute atomic E-state index is 10.1. The maximum Gasteiger partial charge on any atom is 0.162 e. The fraction of sp³-hybridized carbons (Fsp3) is 0.538. The minimum Gasteiger partial charge on any atom is -0.504 e. The van der Waals surface area contributed by atoms with E-state index in [1.54, 1.807) is 7.11 Å². The van der Waals surface area contributed by atoms with Crippen molar-refractivity contribution in [3.63, 3.8) is 0 Å². The predicted molar refractivity (Wildman–Crippen MR) is 67.5 cm³/mol. The second kappa shape index (κ2) is 5.38. The molecule has 1 aliphatic rings. The van der Waals surface area contributed by atoms with Crippen LogP contribution in [0.1, 0.15) is 11.1 Å². The largest absolute Gasteiger partial charge is 0.504 e. The highest BCUT2D eigenvalue weighted by Gasteiger charge is 2.14. The van der Waals surface area contributed by atoms with E-state index in [1.165, 1.54) is 0 Å². The van der Waals surface area contributed by atoms with E-state index in [4.69, 9.17) is 4.74 Å². The summed E-state index contributed by atoms with van der Waals surface area (Å²) in [7, 11) is 1.59. The fourth-order valence-electron chi connectivity index (χ4n) is 2.20. The number of benzene rings is 1. The van der Waals surface area contributed by atoms with Crippen LogP contribution in [0.15, 0.2) is 12.1 Å². The van der Waals surface area contributed by atoms with Crippen LogP contribution in [-0.4, -0.2) is 43.3 Å². The second-order valence-corrected chi connectivity index (χ2v) is 4.50. The van der Waals surface area contributed by atoms with Crippen molar-refractivity contribution in [2.45, 2.75) is 13.5 Å². The van der Waals surface area contributed by atoms with E-state index in [0.29, 0.717) is 5.75 Å². The van der Waals surface area contributed by atoms with Gasteiger partial charge in [-0.05, 0) is 18.6 Å². The molecule has 0 aromatic heterocycles. The van der Waals surface area contributed by atoms with Crippen LogP contribution < -0.4 is 10.1 Å². The van der Waals surface area contributed by atoms with E-state index in [0.717, 1.165) is 43.9 Å². The molecule has 0 atom stereocenters. The Kier molecular flexibility index (Phi) is 3.86. The van der Waals surface area contributed by atoms with Gasteiger partial charge in [-0.3, -0.25) is 4.90 Å². The summed E-state index contributed by atoms with van der Waals surface area (Å²) >= 11 is 0. The molecule has 1 aromatic rings. The zero-order valence-electron chi connectivity index (χ0n) is 10.5. The lowest BCUT2D eigenvalue weighted by molar-refractivity contribution is 0.229. The van der Waals surface area contributed by atoms with Gasteiger partial charge in [0.1, 0.15) is 0 Å². The number of nitrogens with one attached hydrogen (secondary N) is 1. The van der Waals surface area contributed by atoms with Crippen molar-refractivity contribution < 1.29 is 9.84 Å². The molecule has 1 aliphatic heterocycles. The van der Waals surface area contributed by atoms with Gasteiger partial charge in [0.15, 0.2) is 11.5 Å². The van der Waals surface area contributed by atoms with Gasteiger partial charge in [0, 0.05) is 38.3 Å². The summed E-state index contributed by atoms with van der Waals surface area (Å²) in [5.41, 5.74) is 2.06. The van der Waals surface area contributed by atoms with Crippen LogP contribution in [0.4, 0.5) is 0 Å². The fourth-order valence-corrected chi connectivity index (χ4v) is 2.20. The summed E-state index contributed by atoms with van der Waals surface area (Å²) in [5, 5.41) is 13.4. The number of hydrogen-bond acceptors (Lipinski definition) is 4. The molecule has 0 bridgehead atoms. The predicted octanol–water partition coefficient (Wildman–Crippen LogP) is 1.11. The summed E-state index contributed by atoms with van der Waals surface area (Å²) < 4.78 is 5.17. The van der Waals surface area contributed by atoms with Crippen LogP contribution >= 0.6 is 0 Å². The number of nitrogens with zero attached hydrogens (tertiary/aromatic N) is 1. The standard InChI is InChI=1S/C13H20N2O2/c1-10-7-11(13(16)12(8-10)17-2)9-15-5-3-14-4-6-15/h7-8,14,16H,3-6,9H2,1-2H3. The molecule has 1 heterocycles. The minimum atomic E-state index is 0.275. The number of ether oxygens (including phenoxy) is 1. The van der Waals surface area contributed by atoms with Gasteiger partial charge in [-0.2, -0.15) is 0 Å². The van der Waals surface area contributed by atoms with Crippen LogP contribution in [0.5, 0.6) is 11.5 Å². The van der Waals surface area contributed by atoms with Gasteiger partial charge in [-0.25, -0.2) is 0 Å². The summed E-state index contributed by atoms with van der Waals surface area (Å²) in [6.07, 6.45) is 0. The number of phenols is 1. The number of aromatic hydroxyl groups is 1. The lowest BCUT2D eigenvalue weighted by Crippen LogP contribution is -2.42. The third kappa shape index (κ3) is 2.90. The van der Waals surface area contributed by atoms with E-state index in [9.17, 15) is 5.11 Å². The van der Waals surface area contributed by atoms with E-state index < -0.39 is 0 Å². The van der Waals surface area contributed by atoms with Gasteiger partial charge in [0.05, 0.1) is 7.11 Å². The highest BCUT2D eigenvalue weighted by atomic mass is 16.5. The molecule has 4 nitrogen and oxygen atoms in total. The molecule has 1 fully saturated rings. The quantitative estimate of drug-likeness (QED) is 0.825. The lowest BCUT2D eigenvalue weighted by Gasteiger charge is -2.27. The summed E-state index contributed by atoms with van der Waals surface area (Å²) in [6.45, 7) is 6.88. The van der Waals surface area contributed by atoms with Gasteiger partial charge < -0.3 is 15.2 Å². The van der Waals surface area contributed by atoms with E-state index >= 15 is 0 Å². The molecule has 0 saturated carbocycles.